The predicted octanol–water partition coefficient (Wildman–Crippen LogP) is 1.70. The van der Waals surface area contributed by atoms with Gasteiger partial charge in [0.15, 0.2) is 0 Å². The number of thiophene rings is 1. The van der Waals surface area contributed by atoms with E-state index >= 15 is 0 Å². The lowest BCUT2D eigenvalue weighted by Crippen LogP contribution is -2.11. The first-order chi connectivity index (χ1) is 4.93. The van der Waals surface area contributed by atoms with Crippen LogP contribution in [0.15, 0.2) is 10.3 Å². The summed E-state index contributed by atoms with van der Waals surface area (Å²) in [6.07, 6.45) is 0. The zero-order valence-electron chi connectivity index (χ0n) is 5.04. The minimum Gasteiger partial charge on any atom is -0.225 e. The molecule has 0 aliphatic rings. The van der Waals surface area contributed by atoms with Gasteiger partial charge in [-0.15, -0.1) is 11.3 Å². The lowest BCUT2D eigenvalue weighted by molar-refractivity contribution is 0.598. The van der Waals surface area contributed by atoms with Crippen LogP contribution in [-0.4, -0.2) is 8.42 Å². The molecule has 1 heterocycles. The third kappa shape index (κ3) is 1.86. The Balaban J connectivity index is 3.38. The Morgan fingerprint density at radius 2 is 2.00 bits per heavy atom. The molecule has 62 valence electrons. The second-order valence-electron chi connectivity index (χ2n) is 1.73. The fraction of sp³-hybridized carbons (Fsp3) is 0. The molecule has 0 unspecified atom stereocenters. The Morgan fingerprint density at radius 1 is 1.45 bits per heavy atom. The molecule has 0 aromatic carbocycles. The number of nitrogens with two attached hydrogens (primary N) is 1. The van der Waals surface area contributed by atoms with Gasteiger partial charge in [-0.05, 0) is 0 Å². The Morgan fingerprint density at radius 3 is 2.18 bits per heavy atom. The highest BCUT2D eigenvalue weighted by Crippen LogP contribution is 2.34. The van der Waals surface area contributed by atoms with Crippen LogP contribution in [0.4, 0.5) is 0 Å². The van der Waals surface area contributed by atoms with Crippen molar-refractivity contribution in [2.24, 2.45) is 5.14 Å². The summed E-state index contributed by atoms with van der Waals surface area (Å²) in [5, 5.41) is 6.11. The maximum atomic E-state index is 10.7. The molecular weight excluding hydrogens is 229 g/mol. The van der Waals surface area contributed by atoms with Crippen molar-refractivity contribution in [3.05, 3.63) is 14.7 Å². The highest BCUT2D eigenvalue weighted by Gasteiger charge is 2.16. The molecule has 0 saturated heterocycles. The second kappa shape index (κ2) is 2.91. The third-order valence-electron chi connectivity index (χ3n) is 0.965. The molecule has 0 spiro atoms. The van der Waals surface area contributed by atoms with Crippen molar-refractivity contribution < 1.29 is 8.42 Å². The summed E-state index contributed by atoms with van der Waals surface area (Å²) in [4.78, 5) is -0.117. The van der Waals surface area contributed by atoms with Gasteiger partial charge in [-0.1, -0.05) is 23.2 Å². The smallest absolute Gasteiger partial charge is 0.225 e. The van der Waals surface area contributed by atoms with Crippen LogP contribution in [0, 0.1) is 0 Å². The molecule has 0 aliphatic carbocycles. The van der Waals surface area contributed by atoms with Crippen molar-refractivity contribution in [3.63, 3.8) is 0 Å². The summed E-state index contributed by atoms with van der Waals surface area (Å²) < 4.78 is 21.6. The Bertz CT molecular complexity index is 369. The van der Waals surface area contributed by atoms with Crippen LogP contribution in [0.2, 0.25) is 9.36 Å². The SMILES string of the molecule is NS(=O)(=O)c1csc(Cl)c1Cl. The summed E-state index contributed by atoms with van der Waals surface area (Å²) in [7, 11) is -3.72. The van der Waals surface area contributed by atoms with Gasteiger partial charge in [0.1, 0.15) is 9.23 Å². The average Bonchev–Trinajstić information content (AvgIpc) is 2.11. The predicted molar refractivity (Wildman–Crippen MR) is 45.7 cm³/mol. The van der Waals surface area contributed by atoms with Crippen LogP contribution < -0.4 is 5.14 Å². The molecular formula is C4H3Cl2NO2S2. The Hall–Kier alpha value is 0.190. The fourth-order valence-electron chi connectivity index (χ4n) is 0.498. The molecule has 0 atom stereocenters. The van der Waals surface area contributed by atoms with Gasteiger partial charge >= 0.3 is 0 Å². The van der Waals surface area contributed by atoms with Crippen molar-refractivity contribution in [2.45, 2.75) is 4.90 Å². The molecule has 7 heteroatoms. The van der Waals surface area contributed by atoms with Crippen LogP contribution in [-0.2, 0) is 10.0 Å². The van der Waals surface area contributed by atoms with Gasteiger partial charge in [0.05, 0.1) is 5.02 Å². The normalized spacial score (nSPS) is 11.9. The van der Waals surface area contributed by atoms with Crippen LogP contribution in [0.25, 0.3) is 0 Å². The van der Waals surface area contributed by atoms with E-state index < -0.39 is 10.0 Å². The van der Waals surface area contributed by atoms with Gasteiger partial charge in [-0.2, -0.15) is 0 Å². The van der Waals surface area contributed by atoms with Crippen molar-refractivity contribution in [1.29, 1.82) is 0 Å². The van der Waals surface area contributed by atoms with Crippen molar-refractivity contribution in [3.8, 4) is 0 Å². The van der Waals surface area contributed by atoms with E-state index in [-0.39, 0.29) is 14.3 Å². The lowest BCUT2D eigenvalue weighted by Gasteiger charge is -1.91. The van der Waals surface area contributed by atoms with Gasteiger partial charge in [-0.25, -0.2) is 13.6 Å². The Kier molecular flexibility index (Phi) is 2.46. The molecule has 0 amide bonds. The number of hydrogen-bond acceptors (Lipinski definition) is 3. The van der Waals surface area contributed by atoms with Crippen molar-refractivity contribution >= 4 is 44.6 Å². The van der Waals surface area contributed by atoms with Gasteiger partial charge in [0, 0.05) is 5.38 Å². The molecule has 0 saturated carbocycles. The van der Waals surface area contributed by atoms with Crippen molar-refractivity contribution in [2.75, 3.05) is 0 Å². The molecule has 2 N–H and O–H groups in total. The molecule has 0 aliphatic heterocycles. The van der Waals surface area contributed by atoms with Crippen LogP contribution in [0.5, 0.6) is 0 Å². The van der Waals surface area contributed by atoms with E-state index in [1.165, 1.54) is 5.38 Å². The molecule has 0 bridgehead atoms. The lowest BCUT2D eigenvalue weighted by atomic mass is 10.7. The van der Waals surface area contributed by atoms with E-state index in [0.29, 0.717) is 0 Å². The first-order valence-electron chi connectivity index (χ1n) is 2.38. The summed E-state index contributed by atoms with van der Waals surface area (Å²) in [5.74, 6) is 0. The first-order valence-corrected chi connectivity index (χ1v) is 5.56. The number of sulfonamides is 1. The molecule has 1 rings (SSSR count). The van der Waals surface area contributed by atoms with Crippen LogP contribution >= 0.6 is 34.5 Å². The molecule has 1 aromatic heterocycles. The van der Waals surface area contributed by atoms with E-state index in [1.807, 2.05) is 0 Å². The molecule has 0 fully saturated rings. The fourth-order valence-corrected chi connectivity index (χ4v) is 3.00. The highest BCUT2D eigenvalue weighted by molar-refractivity contribution is 7.89. The van der Waals surface area contributed by atoms with Crippen LogP contribution in [0.3, 0.4) is 0 Å². The molecule has 1 aromatic rings. The average molecular weight is 232 g/mol. The zero-order valence-corrected chi connectivity index (χ0v) is 8.19. The number of primary sulfonamides is 1. The minimum absolute atomic E-state index is 0.000772. The summed E-state index contributed by atoms with van der Waals surface area (Å²) in [5.41, 5.74) is 0. The van der Waals surface area contributed by atoms with Gasteiger partial charge in [0.2, 0.25) is 10.0 Å². The van der Waals surface area contributed by atoms with E-state index in [9.17, 15) is 8.42 Å². The first kappa shape index (κ1) is 9.28. The van der Waals surface area contributed by atoms with Gasteiger partial charge in [0.25, 0.3) is 0 Å². The van der Waals surface area contributed by atoms with E-state index in [2.05, 4.69) is 0 Å². The molecule has 3 nitrogen and oxygen atoms in total. The summed E-state index contributed by atoms with van der Waals surface area (Å²) in [6.45, 7) is 0. The number of halogens is 2. The molecule has 0 radical (unpaired) electrons. The number of rotatable bonds is 1. The topological polar surface area (TPSA) is 60.2 Å². The van der Waals surface area contributed by atoms with Crippen molar-refractivity contribution in [1.82, 2.24) is 0 Å². The molecule has 11 heavy (non-hydrogen) atoms. The second-order valence-corrected chi connectivity index (χ2v) is 5.12. The van der Waals surface area contributed by atoms with Gasteiger partial charge < -0.3 is 0 Å². The maximum Gasteiger partial charge on any atom is 0.240 e. The summed E-state index contributed by atoms with van der Waals surface area (Å²) in [6, 6.07) is 0. The quantitative estimate of drug-likeness (QED) is 0.801. The zero-order chi connectivity index (χ0) is 8.65. The third-order valence-corrected chi connectivity index (χ3v) is 3.98. The Labute approximate surface area is 77.8 Å². The highest BCUT2D eigenvalue weighted by atomic mass is 35.5. The maximum absolute atomic E-state index is 10.7. The monoisotopic (exact) mass is 231 g/mol. The standard InChI is InChI=1S/C4H3Cl2NO2S2/c5-3-2(11(7,8)9)1-10-4(3)6/h1H,(H2,7,8,9). The minimum atomic E-state index is -3.72. The van der Waals surface area contributed by atoms with Crippen LogP contribution in [0.1, 0.15) is 0 Å². The summed E-state index contributed by atoms with van der Waals surface area (Å²) >= 11 is 12.0. The number of hydrogen-bond donors (Lipinski definition) is 1. The van der Waals surface area contributed by atoms with E-state index in [4.69, 9.17) is 28.3 Å². The van der Waals surface area contributed by atoms with Gasteiger partial charge in [-0.3, -0.25) is 0 Å². The largest absolute Gasteiger partial charge is 0.240 e. The van der Waals surface area contributed by atoms with E-state index in [1.54, 1.807) is 0 Å². The van der Waals surface area contributed by atoms with E-state index in [0.717, 1.165) is 11.3 Å².